The number of hydrogen-bond acceptors (Lipinski definition) is 5. The van der Waals surface area contributed by atoms with Gasteiger partial charge in [0.15, 0.2) is 5.13 Å². The lowest BCUT2D eigenvalue weighted by atomic mass is 10.1. The predicted octanol–water partition coefficient (Wildman–Crippen LogP) is 1.80. The van der Waals surface area contributed by atoms with Crippen LogP contribution in [0, 0.1) is 5.92 Å². The van der Waals surface area contributed by atoms with Crippen molar-refractivity contribution in [2.24, 2.45) is 5.92 Å². The van der Waals surface area contributed by atoms with E-state index >= 15 is 0 Å². The molecule has 1 aliphatic carbocycles. The van der Waals surface area contributed by atoms with Crippen LogP contribution >= 0.6 is 11.3 Å². The summed E-state index contributed by atoms with van der Waals surface area (Å²) in [6, 6.07) is 2.06. The van der Waals surface area contributed by atoms with E-state index in [1.807, 2.05) is 16.3 Å². The highest BCUT2D eigenvalue weighted by Crippen LogP contribution is 2.40. The molecular weight excluding hydrogens is 260 g/mol. The molecule has 6 heteroatoms. The summed E-state index contributed by atoms with van der Waals surface area (Å²) in [5.74, 6) is 0.437. The molecule has 0 radical (unpaired) electrons. The van der Waals surface area contributed by atoms with Crippen LogP contribution in [0.5, 0.6) is 0 Å². The van der Waals surface area contributed by atoms with Gasteiger partial charge in [-0.3, -0.25) is 4.68 Å². The molecular formula is C13H16N4OS. The molecule has 0 amide bonds. The van der Waals surface area contributed by atoms with Crippen molar-refractivity contribution in [3.05, 3.63) is 29.0 Å². The van der Waals surface area contributed by atoms with Gasteiger partial charge in [0.2, 0.25) is 0 Å². The summed E-state index contributed by atoms with van der Waals surface area (Å²) in [6.07, 6.45) is 3.74. The fourth-order valence-electron chi connectivity index (χ4n) is 2.62. The van der Waals surface area contributed by atoms with Gasteiger partial charge in [-0.2, -0.15) is 5.10 Å². The second-order valence-electron chi connectivity index (χ2n) is 5.30. The van der Waals surface area contributed by atoms with Crippen molar-refractivity contribution in [3.63, 3.8) is 0 Å². The Labute approximate surface area is 115 Å². The molecule has 2 aromatic rings. The molecule has 0 aromatic carbocycles. The minimum atomic E-state index is -0.369. The van der Waals surface area contributed by atoms with E-state index in [4.69, 9.17) is 0 Å². The number of aliphatic hydroxyl groups excluding tert-OH is 1. The molecule has 5 nitrogen and oxygen atoms in total. The van der Waals surface area contributed by atoms with E-state index in [0.717, 1.165) is 43.3 Å². The first kappa shape index (κ1) is 11.4. The van der Waals surface area contributed by atoms with Crippen LogP contribution in [0.25, 0.3) is 0 Å². The first-order chi connectivity index (χ1) is 9.31. The van der Waals surface area contributed by atoms with E-state index < -0.39 is 0 Å². The van der Waals surface area contributed by atoms with Crippen LogP contribution in [0.1, 0.15) is 30.3 Å². The highest BCUT2D eigenvalue weighted by molar-refractivity contribution is 7.13. The van der Waals surface area contributed by atoms with Crippen molar-refractivity contribution in [1.82, 2.24) is 14.8 Å². The smallest absolute Gasteiger partial charge is 0.185 e. The second-order valence-corrected chi connectivity index (χ2v) is 6.18. The van der Waals surface area contributed by atoms with Crippen molar-refractivity contribution in [3.8, 4) is 0 Å². The molecule has 1 atom stereocenters. The Hall–Kier alpha value is -1.40. The van der Waals surface area contributed by atoms with Gasteiger partial charge in [0.05, 0.1) is 24.5 Å². The van der Waals surface area contributed by atoms with E-state index in [0.29, 0.717) is 5.92 Å². The number of aromatic nitrogens is 3. The standard InChI is InChI=1S/C13H16N4OS/c18-12(9-1-2-9)11-7-10-8-16(4-5-17(10)15-11)13-14-3-6-19-13/h3,6-7,9,12,18H,1-2,4-5,8H2/t12-/m1/s1. The van der Waals surface area contributed by atoms with Gasteiger partial charge in [0, 0.05) is 18.1 Å². The molecule has 1 N–H and O–H groups in total. The topological polar surface area (TPSA) is 54.2 Å². The molecule has 2 aromatic heterocycles. The van der Waals surface area contributed by atoms with Crippen LogP contribution in [0.2, 0.25) is 0 Å². The van der Waals surface area contributed by atoms with E-state index in [1.54, 1.807) is 11.3 Å². The molecule has 1 aliphatic heterocycles. The minimum Gasteiger partial charge on any atom is -0.386 e. The lowest BCUT2D eigenvalue weighted by Gasteiger charge is -2.26. The van der Waals surface area contributed by atoms with E-state index in [2.05, 4.69) is 21.0 Å². The number of anilines is 1. The minimum absolute atomic E-state index is 0.369. The molecule has 3 heterocycles. The molecule has 19 heavy (non-hydrogen) atoms. The summed E-state index contributed by atoms with van der Waals surface area (Å²) < 4.78 is 2.03. The molecule has 4 rings (SSSR count). The molecule has 2 aliphatic rings. The van der Waals surface area contributed by atoms with Crippen LogP contribution in [-0.2, 0) is 13.1 Å². The quantitative estimate of drug-likeness (QED) is 0.929. The van der Waals surface area contributed by atoms with Crippen LogP contribution in [0.3, 0.4) is 0 Å². The Kier molecular flexibility index (Phi) is 2.60. The van der Waals surface area contributed by atoms with E-state index in [1.165, 1.54) is 5.69 Å². The Bertz CT molecular complexity index is 575. The number of thiazole rings is 1. The van der Waals surface area contributed by atoms with Gasteiger partial charge in [-0.1, -0.05) is 0 Å². The fourth-order valence-corrected chi connectivity index (χ4v) is 3.29. The maximum Gasteiger partial charge on any atom is 0.185 e. The van der Waals surface area contributed by atoms with Crippen molar-refractivity contribution < 1.29 is 5.11 Å². The number of rotatable bonds is 3. The van der Waals surface area contributed by atoms with Gasteiger partial charge in [0.1, 0.15) is 6.10 Å². The average Bonchev–Trinajstić information content (AvgIpc) is 2.98. The highest BCUT2D eigenvalue weighted by Gasteiger charge is 2.33. The summed E-state index contributed by atoms with van der Waals surface area (Å²) in [5, 5.41) is 17.8. The third-order valence-corrected chi connectivity index (χ3v) is 4.71. The van der Waals surface area contributed by atoms with Gasteiger partial charge < -0.3 is 10.0 Å². The fraction of sp³-hybridized carbons (Fsp3) is 0.538. The predicted molar refractivity (Wildman–Crippen MR) is 73.1 cm³/mol. The maximum absolute atomic E-state index is 10.2. The summed E-state index contributed by atoms with van der Waals surface area (Å²) in [6.45, 7) is 2.63. The third-order valence-electron chi connectivity index (χ3n) is 3.88. The monoisotopic (exact) mass is 276 g/mol. The SMILES string of the molecule is O[C@@H](c1cc2n(n1)CCN(c1nccs1)C2)C1CC1. The molecule has 0 unspecified atom stereocenters. The number of aliphatic hydroxyl groups is 1. The molecule has 0 bridgehead atoms. The highest BCUT2D eigenvalue weighted by atomic mass is 32.1. The average molecular weight is 276 g/mol. The number of hydrogen-bond donors (Lipinski definition) is 1. The normalized spacial score (nSPS) is 20.4. The molecule has 0 saturated heterocycles. The lowest BCUT2D eigenvalue weighted by Crippen LogP contribution is -2.33. The maximum atomic E-state index is 10.2. The Balaban J connectivity index is 1.57. The van der Waals surface area contributed by atoms with Crippen LogP contribution < -0.4 is 4.90 Å². The zero-order valence-corrected chi connectivity index (χ0v) is 11.4. The van der Waals surface area contributed by atoms with Gasteiger partial charge >= 0.3 is 0 Å². The first-order valence-electron chi connectivity index (χ1n) is 6.70. The number of nitrogens with zero attached hydrogens (tertiary/aromatic N) is 4. The summed E-state index contributed by atoms with van der Waals surface area (Å²) >= 11 is 1.67. The molecule has 1 saturated carbocycles. The van der Waals surface area contributed by atoms with Crippen molar-refractivity contribution in [2.45, 2.75) is 32.0 Å². The molecule has 1 fully saturated rings. The Morgan fingerprint density at radius 2 is 2.26 bits per heavy atom. The van der Waals surface area contributed by atoms with Crippen molar-refractivity contribution in [1.29, 1.82) is 0 Å². The second kappa shape index (κ2) is 4.31. The van der Waals surface area contributed by atoms with Crippen LogP contribution in [0.15, 0.2) is 17.6 Å². The lowest BCUT2D eigenvalue weighted by molar-refractivity contribution is 0.148. The van der Waals surface area contributed by atoms with Crippen molar-refractivity contribution in [2.75, 3.05) is 11.4 Å². The zero-order chi connectivity index (χ0) is 12.8. The van der Waals surface area contributed by atoms with Gasteiger partial charge in [0.25, 0.3) is 0 Å². The van der Waals surface area contributed by atoms with Crippen LogP contribution in [-0.4, -0.2) is 26.4 Å². The number of fused-ring (bicyclic) bond motifs is 1. The summed E-state index contributed by atoms with van der Waals surface area (Å²) in [5.41, 5.74) is 2.02. The Morgan fingerprint density at radius 3 is 3.00 bits per heavy atom. The molecule has 100 valence electrons. The summed E-state index contributed by atoms with van der Waals surface area (Å²) in [4.78, 5) is 6.63. The van der Waals surface area contributed by atoms with Crippen molar-refractivity contribution >= 4 is 16.5 Å². The first-order valence-corrected chi connectivity index (χ1v) is 7.58. The van der Waals surface area contributed by atoms with Gasteiger partial charge in [-0.25, -0.2) is 4.98 Å². The zero-order valence-electron chi connectivity index (χ0n) is 10.6. The van der Waals surface area contributed by atoms with Gasteiger partial charge in [-0.05, 0) is 24.8 Å². The van der Waals surface area contributed by atoms with E-state index in [9.17, 15) is 5.11 Å². The van der Waals surface area contributed by atoms with Gasteiger partial charge in [-0.15, -0.1) is 11.3 Å². The largest absolute Gasteiger partial charge is 0.386 e. The van der Waals surface area contributed by atoms with Crippen LogP contribution in [0.4, 0.5) is 5.13 Å². The Morgan fingerprint density at radius 1 is 1.37 bits per heavy atom. The molecule has 0 spiro atoms. The third kappa shape index (κ3) is 2.04. The summed E-state index contributed by atoms with van der Waals surface area (Å²) in [7, 11) is 0. The van der Waals surface area contributed by atoms with E-state index in [-0.39, 0.29) is 6.10 Å².